The summed E-state index contributed by atoms with van der Waals surface area (Å²) in [5, 5.41) is 6.25. The second kappa shape index (κ2) is 7.12. The van der Waals surface area contributed by atoms with Crippen molar-refractivity contribution in [1.82, 2.24) is 5.32 Å². The third-order valence-electron chi connectivity index (χ3n) is 4.68. The van der Waals surface area contributed by atoms with Gasteiger partial charge in [-0.25, -0.2) is 0 Å². The van der Waals surface area contributed by atoms with Crippen molar-refractivity contribution in [2.24, 2.45) is 0 Å². The molecule has 0 atom stereocenters. The van der Waals surface area contributed by atoms with Gasteiger partial charge in [-0.2, -0.15) is 0 Å². The Balaban J connectivity index is 1.54. The summed E-state index contributed by atoms with van der Waals surface area (Å²) in [5.74, 6) is 0.951. The molecule has 0 bridgehead atoms. The lowest BCUT2D eigenvalue weighted by Gasteiger charge is -2.16. The summed E-state index contributed by atoms with van der Waals surface area (Å²) in [6.07, 6.45) is 0.919. The molecule has 138 valence electrons. The molecule has 4 heteroatoms. The average molecular weight is 352 g/mol. The molecule has 0 radical (unpaired) electrons. The predicted molar refractivity (Wildman–Crippen MR) is 106 cm³/mol. The van der Waals surface area contributed by atoms with Gasteiger partial charge in [-0.1, -0.05) is 29.8 Å². The predicted octanol–water partition coefficient (Wildman–Crippen LogP) is 4.05. The molecule has 0 aromatic heterocycles. The molecule has 2 aromatic rings. The van der Waals surface area contributed by atoms with Crippen LogP contribution < -0.4 is 15.4 Å². The fourth-order valence-electron chi connectivity index (χ4n) is 3.65. The van der Waals surface area contributed by atoms with E-state index in [0.717, 1.165) is 29.0 Å². The lowest BCUT2D eigenvalue weighted by atomic mass is 10.0. The number of benzene rings is 2. The Labute approximate surface area is 156 Å². The van der Waals surface area contributed by atoms with Crippen LogP contribution in [-0.4, -0.2) is 18.1 Å². The molecule has 26 heavy (non-hydrogen) atoms. The number of aryl methyl sites for hydroxylation is 3. The Kier molecular flexibility index (Phi) is 5.05. The van der Waals surface area contributed by atoms with Gasteiger partial charge < -0.3 is 15.4 Å². The fourth-order valence-corrected chi connectivity index (χ4v) is 3.65. The van der Waals surface area contributed by atoms with E-state index < -0.39 is 0 Å². The number of carbonyl (C=O) groups excluding carboxylic acids is 1. The van der Waals surface area contributed by atoms with Crippen LogP contribution in [0.3, 0.4) is 0 Å². The van der Waals surface area contributed by atoms with Crippen LogP contribution in [0.25, 0.3) is 0 Å². The van der Waals surface area contributed by atoms with Crippen molar-refractivity contribution in [3.8, 4) is 5.75 Å². The van der Waals surface area contributed by atoms with Crippen molar-refractivity contribution in [1.29, 1.82) is 0 Å². The first-order valence-electron chi connectivity index (χ1n) is 9.13. The minimum absolute atomic E-state index is 0.0225. The maximum atomic E-state index is 12.3. The molecule has 1 aliphatic rings. The summed E-state index contributed by atoms with van der Waals surface area (Å²) in [4.78, 5) is 12.3. The number of carbonyl (C=O) groups is 1. The van der Waals surface area contributed by atoms with Crippen LogP contribution in [-0.2, 0) is 17.8 Å². The third-order valence-corrected chi connectivity index (χ3v) is 4.68. The Morgan fingerprint density at radius 1 is 1.12 bits per heavy atom. The number of ether oxygens (including phenoxy) is 1. The van der Waals surface area contributed by atoms with E-state index in [4.69, 9.17) is 4.74 Å². The van der Waals surface area contributed by atoms with Crippen molar-refractivity contribution in [3.05, 3.63) is 58.1 Å². The topological polar surface area (TPSA) is 50.4 Å². The van der Waals surface area contributed by atoms with Gasteiger partial charge in [0.1, 0.15) is 11.4 Å². The average Bonchev–Trinajstić information content (AvgIpc) is 2.84. The summed E-state index contributed by atoms with van der Waals surface area (Å²) in [6.45, 7) is 11.3. The molecule has 1 aliphatic heterocycles. The van der Waals surface area contributed by atoms with E-state index in [2.05, 4.69) is 55.7 Å². The van der Waals surface area contributed by atoms with Gasteiger partial charge in [-0.15, -0.1) is 0 Å². The van der Waals surface area contributed by atoms with E-state index >= 15 is 0 Å². The van der Waals surface area contributed by atoms with Crippen molar-refractivity contribution in [2.75, 3.05) is 11.9 Å². The van der Waals surface area contributed by atoms with Crippen molar-refractivity contribution >= 4 is 11.6 Å². The largest absolute Gasteiger partial charge is 0.487 e. The number of amides is 1. The molecular weight excluding hydrogens is 324 g/mol. The SMILES string of the molecule is Cc1cc(C)c(NC(=O)CNCc2ccc3c(c2)CC(C)(C)O3)c(C)c1. The molecule has 0 aliphatic carbocycles. The molecule has 1 heterocycles. The standard InChI is InChI=1S/C22H28N2O2/c1-14-8-15(2)21(16(3)9-14)24-20(25)13-23-12-17-6-7-19-18(10-17)11-22(4,5)26-19/h6-10,23H,11-13H2,1-5H3,(H,24,25). The van der Waals surface area contributed by atoms with E-state index in [1.807, 2.05) is 19.9 Å². The highest BCUT2D eigenvalue weighted by atomic mass is 16.5. The summed E-state index contributed by atoms with van der Waals surface area (Å²) >= 11 is 0. The zero-order valence-corrected chi connectivity index (χ0v) is 16.3. The molecule has 0 saturated heterocycles. The first-order valence-corrected chi connectivity index (χ1v) is 9.13. The number of rotatable bonds is 5. The summed E-state index contributed by atoms with van der Waals surface area (Å²) < 4.78 is 5.90. The van der Waals surface area contributed by atoms with Gasteiger partial charge >= 0.3 is 0 Å². The molecule has 3 rings (SSSR count). The van der Waals surface area contributed by atoms with Crippen LogP contribution in [0.5, 0.6) is 5.75 Å². The Morgan fingerprint density at radius 2 is 1.81 bits per heavy atom. The summed E-state index contributed by atoms with van der Waals surface area (Å²) in [7, 11) is 0. The zero-order valence-electron chi connectivity index (χ0n) is 16.3. The van der Waals surface area contributed by atoms with E-state index in [1.165, 1.54) is 16.7 Å². The fraction of sp³-hybridized carbons (Fsp3) is 0.409. The molecule has 0 fully saturated rings. The maximum absolute atomic E-state index is 12.3. The van der Waals surface area contributed by atoms with Gasteiger partial charge in [0, 0.05) is 18.7 Å². The van der Waals surface area contributed by atoms with E-state index in [-0.39, 0.29) is 18.1 Å². The van der Waals surface area contributed by atoms with Gasteiger partial charge in [0.05, 0.1) is 6.54 Å². The lowest BCUT2D eigenvalue weighted by Crippen LogP contribution is -2.28. The van der Waals surface area contributed by atoms with Crippen LogP contribution in [0.2, 0.25) is 0 Å². The van der Waals surface area contributed by atoms with Crippen LogP contribution in [0.15, 0.2) is 30.3 Å². The minimum Gasteiger partial charge on any atom is -0.487 e. The number of hydrogen-bond acceptors (Lipinski definition) is 3. The van der Waals surface area contributed by atoms with Crippen molar-refractivity contribution in [2.45, 2.75) is 53.2 Å². The quantitative estimate of drug-likeness (QED) is 0.853. The highest BCUT2D eigenvalue weighted by molar-refractivity contribution is 5.93. The number of hydrogen-bond donors (Lipinski definition) is 2. The zero-order chi connectivity index (χ0) is 18.9. The Bertz CT molecular complexity index is 817. The lowest BCUT2D eigenvalue weighted by molar-refractivity contribution is -0.115. The van der Waals surface area contributed by atoms with Crippen molar-refractivity contribution < 1.29 is 9.53 Å². The second-order valence-corrected chi connectivity index (χ2v) is 7.91. The smallest absolute Gasteiger partial charge is 0.238 e. The Morgan fingerprint density at radius 3 is 2.50 bits per heavy atom. The maximum Gasteiger partial charge on any atom is 0.238 e. The van der Waals surface area contributed by atoms with Crippen LogP contribution in [0.4, 0.5) is 5.69 Å². The number of nitrogens with one attached hydrogen (secondary N) is 2. The molecule has 2 aromatic carbocycles. The minimum atomic E-state index is -0.127. The highest BCUT2D eigenvalue weighted by Crippen LogP contribution is 2.35. The van der Waals surface area contributed by atoms with Crippen LogP contribution >= 0.6 is 0 Å². The van der Waals surface area contributed by atoms with Gasteiger partial charge in [0.15, 0.2) is 0 Å². The van der Waals surface area contributed by atoms with Crippen LogP contribution in [0.1, 0.15) is 41.7 Å². The molecule has 2 N–H and O–H groups in total. The third kappa shape index (κ3) is 4.25. The number of fused-ring (bicyclic) bond motifs is 1. The Hall–Kier alpha value is -2.33. The van der Waals surface area contributed by atoms with Gasteiger partial charge in [-0.05, 0) is 62.9 Å². The first-order chi connectivity index (χ1) is 12.2. The first kappa shape index (κ1) is 18.5. The van der Waals surface area contributed by atoms with E-state index in [9.17, 15) is 4.79 Å². The number of anilines is 1. The molecule has 0 unspecified atom stereocenters. The second-order valence-electron chi connectivity index (χ2n) is 7.91. The van der Waals surface area contributed by atoms with Crippen molar-refractivity contribution in [3.63, 3.8) is 0 Å². The normalized spacial score (nSPS) is 14.7. The van der Waals surface area contributed by atoms with Gasteiger partial charge in [-0.3, -0.25) is 4.79 Å². The van der Waals surface area contributed by atoms with E-state index in [1.54, 1.807) is 0 Å². The molecule has 0 saturated carbocycles. The summed E-state index contributed by atoms with van der Waals surface area (Å²) in [5.41, 5.74) is 6.59. The monoisotopic (exact) mass is 352 g/mol. The highest BCUT2D eigenvalue weighted by Gasteiger charge is 2.29. The molecule has 4 nitrogen and oxygen atoms in total. The van der Waals surface area contributed by atoms with Gasteiger partial charge in [0.25, 0.3) is 0 Å². The molecule has 0 spiro atoms. The summed E-state index contributed by atoms with van der Waals surface area (Å²) in [6, 6.07) is 10.4. The van der Waals surface area contributed by atoms with Crippen LogP contribution in [0, 0.1) is 20.8 Å². The van der Waals surface area contributed by atoms with E-state index in [0.29, 0.717) is 6.54 Å². The molecule has 1 amide bonds. The van der Waals surface area contributed by atoms with Gasteiger partial charge in [0.2, 0.25) is 5.91 Å². The molecular formula is C22H28N2O2.